The van der Waals surface area contributed by atoms with Crippen LogP contribution >= 0.6 is 11.3 Å². The maximum atomic E-state index is 6.32. The highest BCUT2D eigenvalue weighted by atomic mass is 32.1. The van der Waals surface area contributed by atoms with E-state index in [1.165, 1.54) is 11.1 Å². The Balaban J connectivity index is 0.882. The fourth-order valence-corrected chi connectivity index (χ4v) is 8.81. The Kier molecular flexibility index (Phi) is 11.2. The number of ether oxygens (including phenoxy) is 1. The number of piperidine rings is 2. The lowest BCUT2D eigenvalue weighted by Crippen LogP contribution is -2.39. The van der Waals surface area contributed by atoms with Crippen molar-refractivity contribution in [2.45, 2.75) is 85.2 Å². The summed E-state index contributed by atoms with van der Waals surface area (Å²) in [5.74, 6) is 3.09. The van der Waals surface area contributed by atoms with Crippen LogP contribution in [0.1, 0.15) is 64.3 Å². The number of aromatic nitrogens is 7. The molecule has 1 aromatic carbocycles. The molecule has 2 fully saturated rings. The number of hydrogen-bond donors (Lipinski definition) is 4. The van der Waals surface area contributed by atoms with Crippen molar-refractivity contribution >= 4 is 62.8 Å². The normalized spacial score (nSPS) is 16.2. The van der Waals surface area contributed by atoms with E-state index >= 15 is 0 Å². The maximum absolute atomic E-state index is 6.32. The standard InChI is InChI=1S/C41H51N13OS/c1-24-17-26(3)43-37-34(24)36(42)49-40(50-37)45-30-11-15-54(16-12-30)21-33-47-32(23-56-33)48-39-35-25(2)18-27(4)44-38(35)51-41(52-39)46-31-9-13-53(14-10-31)20-28-7-6-8-29(19-28)22-55-5/h6-8,17-19,23,30-31H,9-16,20-22H2,1-5H3,(H3,42,43,45,49,50)(H2,44,46,48,51,52). The van der Waals surface area contributed by atoms with Gasteiger partial charge in [-0.15, -0.1) is 11.3 Å². The number of anilines is 5. The van der Waals surface area contributed by atoms with Crippen molar-refractivity contribution in [3.8, 4) is 0 Å². The van der Waals surface area contributed by atoms with Crippen LogP contribution in [-0.4, -0.2) is 90.1 Å². The van der Waals surface area contributed by atoms with Crippen LogP contribution in [0.5, 0.6) is 0 Å². The van der Waals surface area contributed by atoms with Crippen LogP contribution < -0.4 is 21.7 Å². The molecule has 0 aliphatic carbocycles. The van der Waals surface area contributed by atoms with Crippen molar-refractivity contribution in [2.75, 3.05) is 55.0 Å². The third kappa shape index (κ3) is 8.81. The highest BCUT2D eigenvalue weighted by molar-refractivity contribution is 7.10. The van der Waals surface area contributed by atoms with Crippen molar-refractivity contribution in [2.24, 2.45) is 0 Å². The zero-order valence-electron chi connectivity index (χ0n) is 32.9. The van der Waals surface area contributed by atoms with Crippen molar-refractivity contribution in [1.29, 1.82) is 0 Å². The van der Waals surface area contributed by atoms with E-state index in [1.807, 2.05) is 26.8 Å². The van der Waals surface area contributed by atoms with Crippen LogP contribution in [0.25, 0.3) is 22.1 Å². The molecule has 0 unspecified atom stereocenters. The molecular formula is C41H51N13OS. The number of nitrogens with one attached hydrogen (secondary N) is 3. The second-order valence-electron chi connectivity index (χ2n) is 15.3. The first kappa shape index (κ1) is 37.8. The lowest BCUT2D eigenvalue weighted by molar-refractivity contribution is 0.184. The highest BCUT2D eigenvalue weighted by Crippen LogP contribution is 2.30. The van der Waals surface area contributed by atoms with E-state index in [4.69, 9.17) is 35.4 Å². The van der Waals surface area contributed by atoms with Gasteiger partial charge in [0.2, 0.25) is 11.9 Å². The molecule has 2 aliphatic rings. The summed E-state index contributed by atoms with van der Waals surface area (Å²) in [4.78, 5) is 38.6. The fraction of sp³-hybridized carbons (Fsp3) is 0.439. The Hall–Kier alpha value is -5.09. The molecule has 0 spiro atoms. The maximum Gasteiger partial charge on any atom is 0.226 e. The number of methoxy groups -OCH3 is 1. The number of likely N-dealkylation sites (tertiary alicyclic amines) is 2. The van der Waals surface area contributed by atoms with Crippen LogP contribution in [0, 0.1) is 27.7 Å². The molecule has 6 aromatic rings. The summed E-state index contributed by atoms with van der Waals surface area (Å²) in [6.07, 6.45) is 3.95. The molecule has 5 aromatic heterocycles. The number of nitrogens with two attached hydrogens (primary N) is 1. The van der Waals surface area contributed by atoms with Crippen LogP contribution in [0.15, 0.2) is 41.8 Å². The van der Waals surface area contributed by atoms with Gasteiger partial charge >= 0.3 is 0 Å². The molecule has 0 atom stereocenters. The molecule has 8 rings (SSSR count). The monoisotopic (exact) mass is 773 g/mol. The van der Waals surface area contributed by atoms with E-state index in [9.17, 15) is 0 Å². The van der Waals surface area contributed by atoms with Crippen LogP contribution in [0.3, 0.4) is 0 Å². The predicted octanol–water partition coefficient (Wildman–Crippen LogP) is 6.68. The largest absolute Gasteiger partial charge is 0.383 e. The van der Waals surface area contributed by atoms with Gasteiger partial charge in [0.15, 0.2) is 11.3 Å². The minimum Gasteiger partial charge on any atom is -0.383 e. The summed E-state index contributed by atoms with van der Waals surface area (Å²) in [6, 6.07) is 13.3. The first-order valence-corrected chi connectivity index (χ1v) is 20.4. The van der Waals surface area contributed by atoms with E-state index in [1.54, 1.807) is 18.4 Å². The average molecular weight is 774 g/mol. The molecule has 7 heterocycles. The topological polar surface area (TPSA) is 168 Å². The SMILES string of the molecule is COCc1cccc(CN2CCC(Nc3nc(Nc4csc(CN5CCC(Nc6nc(N)c7c(C)cc(C)nc7n6)CC5)n4)c4c(C)cc(C)nc4n3)CC2)c1. The second-order valence-corrected chi connectivity index (χ2v) is 16.2. The summed E-state index contributed by atoms with van der Waals surface area (Å²) in [6.45, 7) is 14.3. The van der Waals surface area contributed by atoms with Gasteiger partial charge < -0.3 is 26.4 Å². The van der Waals surface area contributed by atoms with E-state index in [2.05, 4.69) is 78.4 Å². The Morgan fingerprint density at radius 2 is 1.30 bits per heavy atom. The van der Waals surface area contributed by atoms with E-state index in [0.29, 0.717) is 35.6 Å². The van der Waals surface area contributed by atoms with Crippen molar-refractivity contribution in [1.82, 2.24) is 44.7 Å². The molecule has 5 N–H and O–H groups in total. The molecule has 56 heavy (non-hydrogen) atoms. The first-order chi connectivity index (χ1) is 27.1. The van der Waals surface area contributed by atoms with Crippen molar-refractivity contribution in [3.05, 3.63) is 80.4 Å². The van der Waals surface area contributed by atoms with Crippen LogP contribution in [0.4, 0.5) is 29.4 Å². The van der Waals surface area contributed by atoms with Gasteiger partial charge in [0.1, 0.15) is 22.5 Å². The van der Waals surface area contributed by atoms with Crippen LogP contribution in [0.2, 0.25) is 0 Å². The number of rotatable bonds is 12. The number of aryl methyl sites for hydroxylation is 4. The molecule has 292 valence electrons. The quantitative estimate of drug-likeness (QED) is 0.104. The molecular weight excluding hydrogens is 723 g/mol. The zero-order valence-corrected chi connectivity index (χ0v) is 33.7. The number of fused-ring (bicyclic) bond motifs is 2. The van der Waals surface area contributed by atoms with Gasteiger partial charge in [-0.25, -0.2) is 15.0 Å². The molecule has 0 saturated carbocycles. The molecule has 14 nitrogen and oxygen atoms in total. The third-order valence-corrected chi connectivity index (χ3v) is 11.6. The number of nitrogens with zero attached hydrogens (tertiary/aromatic N) is 9. The minimum atomic E-state index is 0.258. The molecule has 2 aliphatic heterocycles. The Morgan fingerprint density at radius 3 is 1.96 bits per heavy atom. The van der Waals surface area contributed by atoms with Gasteiger partial charge in [0.05, 0.1) is 23.9 Å². The Labute approximate surface area is 331 Å². The molecule has 0 bridgehead atoms. The highest BCUT2D eigenvalue weighted by Gasteiger charge is 2.24. The molecule has 2 saturated heterocycles. The summed E-state index contributed by atoms with van der Waals surface area (Å²) < 4.78 is 5.33. The number of hydrogen-bond acceptors (Lipinski definition) is 15. The fourth-order valence-electron chi connectivity index (χ4n) is 8.04. The Morgan fingerprint density at radius 1 is 0.714 bits per heavy atom. The smallest absolute Gasteiger partial charge is 0.226 e. The lowest BCUT2D eigenvalue weighted by Gasteiger charge is -2.32. The summed E-state index contributed by atoms with van der Waals surface area (Å²) >= 11 is 1.66. The lowest BCUT2D eigenvalue weighted by atomic mass is 10.0. The number of thiazole rings is 1. The number of nitrogen functional groups attached to an aromatic ring is 1. The average Bonchev–Trinajstić information content (AvgIpc) is 3.59. The summed E-state index contributed by atoms with van der Waals surface area (Å²) in [7, 11) is 1.74. The van der Waals surface area contributed by atoms with Gasteiger partial charge in [-0.2, -0.15) is 19.9 Å². The van der Waals surface area contributed by atoms with Crippen molar-refractivity contribution in [3.63, 3.8) is 0 Å². The summed E-state index contributed by atoms with van der Waals surface area (Å²) in [5.41, 5.74) is 14.1. The molecule has 15 heteroatoms. The van der Waals surface area contributed by atoms with E-state index < -0.39 is 0 Å². The minimum absolute atomic E-state index is 0.258. The van der Waals surface area contributed by atoms with E-state index in [0.717, 1.165) is 115 Å². The number of benzene rings is 1. The van der Waals surface area contributed by atoms with Gasteiger partial charge in [0.25, 0.3) is 0 Å². The first-order valence-electron chi connectivity index (χ1n) is 19.5. The summed E-state index contributed by atoms with van der Waals surface area (Å²) in [5, 5.41) is 15.6. The van der Waals surface area contributed by atoms with Gasteiger partial charge in [-0.1, -0.05) is 24.3 Å². The zero-order chi connectivity index (χ0) is 38.8. The molecule has 0 amide bonds. The Bertz CT molecular complexity index is 2330. The third-order valence-electron chi connectivity index (χ3n) is 10.7. The van der Waals surface area contributed by atoms with Gasteiger partial charge in [-0.3, -0.25) is 9.80 Å². The number of pyridine rings is 2. The second kappa shape index (κ2) is 16.6. The van der Waals surface area contributed by atoms with Crippen molar-refractivity contribution < 1.29 is 4.74 Å². The predicted molar refractivity (Wildman–Crippen MR) is 224 cm³/mol. The molecule has 0 radical (unpaired) electrons. The van der Waals surface area contributed by atoms with Gasteiger partial charge in [-0.05, 0) is 87.8 Å². The van der Waals surface area contributed by atoms with Gasteiger partial charge in [0, 0.05) is 68.7 Å². The van der Waals surface area contributed by atoms with Crippen LogP contribution in [-0.2, 0) is 24.4 Å². The van der Waals surface area contributed by atoms with E-state index in [-0.39, 0.29) is 12.1 Å².